The Bertz CT molecular complexity index is 2190. The predicted molar refractivity (Wildman–Crippen MR) is 179 cm³/mol. The van der Waals surface area contributed by atoms with E-state index in [-0.39, 0.29) is 5.91 Å². The van der Waals surface area contributed by atoms with Crippen LogP contribution in [0.1, 0.15) is 48.9 Å². The first-order valence-corrected chi connectivity index (χ1v) is 16.6. The average Bonchev–Trinajstić information content (AvgIpc) is 3.34. The lowest BCUT2D eigenvalue weighted by molar-refractivity contribution is 0.0696. The Labute approximate surface area is 272 Å². The fourth-order valence-electron chi connectivity index (χ4n) is 7.94. The molecule has 3 aliphatic rings. The second-order valence-corrected chi connectivity index (χ2v) is 13.7. The Balaban J connectivity index is 1.11. The third-order valence-corrected chi connectivity index (χ3v) is 10.7. The highest BCUT2D eigenvalue weighted by molar-refractivity contribution is 6.00. The molecule has 1 amide bonds. The number of likely N-dealkylation sites (tertiary alicyclic amines) is 1. The fraction of sp³-hybridized carbons (Fsp3) is 0.378. The molecule has 1 saturated heterocycles. The highest BCUT2D eigenvalue weighted by Crippen LogP contribution is 2.44. The maximum atomic E-state index is 13.8. The van der Waals surface area contributed by atoms with Crippen molar-refractivity contribution in [2.24, 2.45) is 24.8 Å². The van der Waals surface area contributed by atoms with E-state index < -0.39 is 0 Å². The van der Waals surface area contributed by atoms with Crippen LogP contribution in [0, 0.1) is 24.7 Å². The van der Waals surface area contributed by atoms with E-state index in [1.807, 2.05) is 43.4 Å². The summed E-state index contributed by atoms with van der Waals surface area (Å²) in [5, 5.41) is 9.15. The van der Waals surface area contributed by atoms with Crippen molar-refractivity contribution in [1.29, 1.82) is 0 Å². The van der Waals surface area contributed by atoms with Gasteiger partial charge in [0.15, 0.2) is 5.82 Å². The molecule has 3 atom stereocenters. The Kier molecular flexibility index (Phi) is 6.32. The first-order valence-electron chi connectivity index (χ1n) is 16.6. The van der Waals surface area contributed by atoms with Gasteiger partial charge in [-0.2, -0.15) is 0 Å². The summed E-state index contributed by atoms with van der Waals surface area (Å²) >= 11 is 0. The minimum Gasteiger partial charge on any atom is -0.494 e. The summed E-state index contributed by atoms with van der Waals surface area (Å²) in [6.45, 7) is 5.80. The molecule has 2 unspecified atom stereocenters. The van der Waals surface area contributed by atoms with Crippen molar-refractivity contribution in [2.45, 2.75) is 52.1 Å². The van der Waals surface area contributed by atoms with Gasteiger partial charge in [0.1, 0.15) is 16.9 Å². The zero-order chi connectivity index (χ0) is 32.0. The molecule has 5 heterocycles. The van der Waals surface area contributed by atoms with Gasteiger partial charge in [-0.25, -0.2) is 9.97 Å². The summed E-state index contributed by atoms with van der Waals surface area (Å²) in [6.07, 6.45) is 4.75. The molecular formula is C37H37N7O3. The number of aromatic nitrogens is 6. The van der Waals surface area contributed by atoms with Gasteiger partial charge in [-0.15, -0.1) is 10.2 Å². The van der Waals surface area contributed by atoms with Crippen molar-refractivity contribution in [2.75, 3.05) is 13.7 Å². The van der Waals surface area contributed by atoms with Crippen molar-refractivity contribution in [3.8, 4) is 40.0 Å². The Morgan fingerprint density at radius 3 is 2.47 bits per heavy atom. The van der Waals surface area contributed by atoms with Crippen LogP contribution in [0.15, 0.2) is 59.0 Å². The molecule has 6 aromatic rings. The Morgan fingerprint density at radius 1 is 0.979 bits per heavy atom. The molecule has 10 heteroatoms. The van der Waals surface area contributed by atoms with E-state index in [0.717, 1.165) is 69.9 Å². The molecule has 0 spiro atoms. The highest BCUT2D eigenvalue weighted by atomic mass is 16.5. The zero-order valence-corrected chi connectivity index (χ0v) is 27.1. The molecule has 1 aliphatic heterocycles. The van der Waals surface area contributed by atoms with E-state index in [1.165, 1.54) is 19.3 Å². The number of rotatable bonds is 7. The lowest BCUT2D eigenvalue weighted by atomic mass is 10.0. The van der Waals surface area contributed by atoms with Crippen molar-refractivity contribution in [1.82, 2.24) is 34.2 Å². The van der Waals surface area contributed by atoms with Crippen LogP contribution in [0.5, 0.6) is 5.75 Å². The number of carbonyl (C=O) groups is 1. The third kappa shape index (κ3) is 4.56. The normalized spacial score (nSPS) is 20.6. The summed E-state index contributed by atoms with van der Waals surface area (Å²) in [5.41, 5.74) is 7.01. The van der Waals surface area contributed by atoms with Gasteiger partial charge in [-0.3, -0.25) is 4.79 Å². The minimum absolute atomic E-state index is 0.0799. The van der Waals surface area contributed by atoms with Gasteiger partial charge >= 0.3 is 0 Å². The lowest BCUT2D eigenvalue weighted by Crippen LogP contribution is -2.38. The number of carbonyl (C=O) groups excluding carboxylic acids is 1. The number of amides is 1. The van der Waals surface area contributed by atoms with Crippen LogP contribution < -0.4 is 4.74 Å². The molecular weight excluding hydrogens is 590 g/mol. The van der Waals surface area contributed by atoms with Crippen LogP contribution in [-0.4, -0.2) is 59.8 Å². The first-order chi connectivity index (χ1) is 22.9. The summed E-state index contributed by atoms with van der Waals surface area (Å²) in [4.78, 5) is 26.3. The summed E-state index contributed by atoms with van der Waals surface area (Å²) in [5.74, 6) is 4.42. The number of piperidine rings is 1. The largest absolute Gasteiger partial charge is 0.494 e. The number of hydrogen-bond acceptors (Lipinski definition) is 7. The van der Waals surface area contributed by atoms with Crippen molar-refractivity contribution >= 4 is 28.0 Å². The highest BCUT2D eigenvalue weighted by Gasteiger charge is 2.46. The number of methoxy groups -OCH3 is 1. The standard InChI is InChI=1S/C37H37N7O3/c1-20-26-12-14-30(20)44(19-26)37(45)27-15-29-33(32(17-27)46-4)42(3)35(39-29)31-16-25-11-13-28(38-34(25)43(31)18-22-5-6-22)23-7-9-24(10-8-23)36-41-40-21(2)47-36/h7-11,13,15-17,20,22,26,30H,5-6,12,14,18-19H2,1-4H3/t20-,26?,30?/m1/s1. The molecule has 2 aliphatic carbocycles. The van der Waals surface area contributed by atoms with Crippen molar-refractivity contribution < 1.29 is 13.9 Å². The molecule has 2 aromatic carbocycles. The van der Waals surface area contributed by atoms with Gasteiger partial charge in [0, 0.05) is 55.2 Å². The monoisotopic (exact) mass is 627 g/mol. The van der Waals surface area contributed by atoms with Crippen LogP contribution in [0.4, 0.5) is 0 Å². The van der Waals surface area contributed by atoms with Crippen LogP contribution >= 0.6 is 0 Å². The number of fused-ring (bicyclic) bond motifs is 4. The molecule has 10 nitrogen and oxygen atoms in total. The van der Waals surface area contributed by atoms with Crippen molar-refractivity contribution in [3.05, 3.63) is 66.1 Å². The molecule has 0 N–H and O–H groups in total. The number of hydrogen-bond donors (Lipinski definition) is 0. The number of imidazole rings is 1. The molecule has 47 heavy (non-hydrogen) atoms. The first kappa shape index (κ1) is 28.3. The van der Waals surface area contributed by atoms with Crippen LogP contribution in [0.25, 0.3) is 56.3 Å². The van der Waals surface area contributed by atoms with E-state index in [4.69, 9.17) is 19.1 Å². The van der Waals surface area contributed by atoms with Crippen LogP contribution in [0.2, 0.25) is 0 Å². The Hall–Kier alpha value is -4.99. The van der Waals surface area contributed by atoms with E-state index >= 15 is 0 Å². The molecule has 2 bridgehead atoms. The maximum absolute atomic E-state index is 13.8. The van der Waals surface area contributed by atoms with E-state index in [2.05, 4.69) is 49.4 Å². The molecule has 2 saturated carbocycles. The third-order valence-electron chi connectivity index (χ3n) is 10.7. The maximum Gasteiger partial charge on any atom is 0.254 e. The van der Waals surface area contributed by atoms with E-state index in [0.29, 0.717) is 46.9 Å². The molecule has 3 fully saturated rings. The minimum atomic E-state index is 0.0799. The summed E-state index contributed by atoms with van der Waals surface area (Å²) in [7, 11) is 3.70. The molecule has 0 radical (unpaired) electrons. The van der Waals surface area contributed by atoms with E-state index in [9.17, 15) is 4.79 Å². The lowest BCUT2D eigenvalue weighted by Gasteiger charge is -2.27. The SMILES string of the molecule is COc1cc(C(=O)N2CC3CCC2[C@@H]3C)cc2nc(-c3cc4ccc(-c5ccc(-c6nnc(C)o6)cc5)nc4n3CC3CC3)n(C)c12. The second kappa shape index (κ2) is 10.5. The van der Waals surface area contributed by atoms with Gasteiger partial charge in [0.25, 0.3) is 5.91 Å². The summed E-state index contributed by atoms with van der Waals surface area (Å²) in [6, 6.07) is 18.6. The quantitative estimate of drug-likeness (QED) is 0.190. The van der Waals surface area contributed by atoms with Gasteiger partial charge < -0.3 is 23.2 Å². The fourth-order valence-corrected chi connectivity index (χ4v) is 7.94. The summed E-state index contributed by atoms with van der Waals surface area (Å²) < 4.78 is 15.9. The van der Waals surface area contributed by atoms with Gasteiger partial charge in [0.05, 0.1) is 24.0 Å². The van der Waals surface area contributed by atoms with Gasteiger partial charge in [-0.1, -0.05) is 19.1 Å². The molecule has 238 valence electrons. The zero-order valence-electron chi connectivity index (χ0n) is 27.1. The number of benzene rings is 2. The van der Waals surface area contributed by atoms with Gasteiger partial charge in [-0.05, 0) is 85.9 Å². The van der Waals surface area contributed by atoms with Crippen LogP contribution in [0.3, 0.4) is 0 Å². The molecule has 9 rings (SSSR count). The van der Waals surface area contributed by atoms with E-state index in [1.54, 1.807) is 14.0 Å². The van der Waals surface area contributed by atoms with Gasteiger partial charge in [0.2, 0.25) is 11.8 Å². The second-order valence-electron chi connectivity index (χ2n) is 13.7. The topological polar surface area (TPSA) is 104 Å². The Morgan fingerprint density at radius 2 is 1.79 bits per heavy atom. The smallest absolute Gasteiger partial charge is 0.254 e. The predicted octanol–water partition coefficient (Wildman–Crippen LogP) is 6.90. The number of ether oxygens (including phenoxy) is 1. The number of pyridine rings is 1. The molecule has 4 aromatic heterocycles. The number of aryl methyl sites for hydroxylation is 2. The van der Waals surface area contributed by atoms with Crippen LogP contribution in [-0.2, 0) is 13.6 Å². The average molecular weight is 628 g/mol. The van der Waals surface area contributed by atoms with Crippen molar-refractivity contribution in [3.63, 3.8) is 0 Å². The number of nitrogens with zero attached hydrogens (tertiary/aromatic N) is 7.